The molecule has 1 aliphatic rings. The molecule has 8 heteroatoms. The van der Waals surface area contributed by atoms with Gasteiger partial charge in [0.25, 0.3) is 5.78 Å². The fourth-order valence-corrected chi connectivity index (χ4v) is 1.91. The van der Waals surface area contributed by atoms with E-state index in [1.165, 1.54) is 12.3 Å². The van der Waals surface area contributed by atoms with Crippen molar-refractivity contribution in [1.82, 2.24) is 4.98 Å². The van der Waals surface area contributed by atoms with Gasteiger partial charge in [0.2, 0.25) is 0 Å². The Bertz CT molecular complexity index is 501. The van der Waals surface area contributed by atoms with Crippen LogP contribution in [-0.4, -0.2) is 42.0 Å². The number of carbonyl (C=O) groups excluding carboxylic acids is 1. The van der Waals surface area contributed by atoms with Crippen molar-refractivity contribution in [2.24, 2.45) is 0 Å². The number of carbonyl (C=O) groups is 1. The Morgan fingerprint density at radius 1 is 1.47 bits per heavy atom. The van der Waals surface area contributed by atoms with Crippen molar-refractivity contribution in [3.63, 3.8) is 0 Å². The van der Waals surface area contributed by atoms with Gasteiger partial charge in [0.05, 0.1) is 11.7 Å². The smallest absolute Gasteiger partial charge is 0.393 e. The molecule has 0 spiro atoms. The van der Waals surface area contributed by atoms with Crippen LogP contribution >= 0.6 is 0 Å². The van der Waals surface area contributed by atoms with E-state index in [0.29, 0.717) is 18.3 Å². The molecule has 0 bridgehead atoms. The van der Waals surface area contributed by atoms with E-state index >= 15 is 0 Å². The number of nitrogens with one attached hydrogen (secondary N) is 1. The first-order chi connectivity index (χ1) is 8.77. The van der Waals surface area contributed by atoms with Gasteiger partial charge in [-0.15, -0.1) is 0 Å². The molecule has 2 N–H and O–H groups in total. The molecular formula is C11H12BF3N2O2. The summed E-state index contributed by atoms with van der Waals surface area (Å²) in [6, 6.07) is 1.02. The van der Waals surface area contributed by atoms with Crippen LogP contribution < -0.4 is 10.8 Å². The Labute approximate surface area is 108 Å². The van der Waals surface area contributed by atoms with Crippen molar-refractivity contribution in [1.29, 1.82) is 0 Å². The number of Topliss-reactive ketones (excluding diaryl/α,β-unsaturated/α-hetero) is 1. The molecule has 0 atom stereocenters. The molecule has 0 saturated heterocycles. The molecule has 4 nitrogen and oxygen atoms in total. The first-order valence-corrected chi connectivity index (χ1v) is 5.80. The number of anilines is 1. The first-order valence-electron chi connectivity index (χ1n) is 5.80. The summed E-state index contributed by atoms with van der Waals surface area (Å²) >= 11 is 0. The SMILES string of the molecule is Bc1cnc(N[C@H]2C[C@@H](O)C2)c(C(=O)C(F)(F)F)c1. The van der Waals surface area contributed by atoms with E-state index < -0.39 is 23.6 Å². The topological polar surface area (TPSA) is 62.2 Å². The van der Waals surface area contributed by atoms with E-state index in [1.807, 2.05) is 0 Å². The lowest BCUT2D eigenvalue weighted by Gasteiger charge is -2.32. The molecule has 19 heavy (non-hydrogen) atoms. The summed E-state index contributed by atoms with van der Waals surface area (Å²) in [5.41, 5.74) is 0.000633. The fourth-order valence-electron chi connectivity index (χ4n) is 1.91. The summed E-state index contributed by atoms with van der Waals surface area (Å²) in [6.07, 6.45) is -3.09. The zero-order valence-corrected chi connectivity index (χ0v) is 10.2. The van der Waals surface area contributed by atoms with Gasteiger partial charge in [-0.05, 0) is 12.8 Å². The van der Waals surface area contributed by atoms with E-state index in [1.54, 1.807) is 7.85 Å². The van der Waals surface area contributed by atoms with E-state index in [-0.39, 0.29) is 11.9 Å². The van der Waals surface area contributed by atoms with Crippen LogP contribution in [0.4, 0.5) is 19.0 Å². The van der Waals surface area contributed by atoms with Crippen molar-refractivity contribution < 1.29 is 23.1 Å². The van der Waals surface area contributed by atoms with E-state index in [9.17, 15) is 18.0 Å². The zero-order valence-electron chi connectivity index (χ0n) is 10.2. The van der Waals surface area contributed by atoms with Crippen LogP contribution in [0.15, 0.2) is 12.3 Å². The molecule has 0 amide bonds. The van der Waals surface area contributed by atoms with E-state index in [2.05, 4.69) is 10.3 Å². The zero-order chi connectivity index (χ0) is 14.2. The lowest BCUT2D eigenvalue weighted by atomic mass is 9.89. The molecule has 1 aliphatic carbocycles. The highest BCUT2D eigenvalue weighted by molar-refractivity contribution is 6.32. The number of hydrogen-bond donors (Lipinski definition) is 2. The van der Waals surface area contributed by atoms with Gasteiger partial charge in [-0.3, -0.25) is 4.79 Å². The maximum Gasteiger partial charge on any atom is 0.455 e. The van der Waals surface area contributed by atoms with Crippen LogP contribution in [0.25, 0.3) is 0 Å². The Balaban J connectivity index is 2.25. The van der Waals surface area contributed by atoms with Crippen molar-refractivity contribution in [2.45, 2.75) is 31.2 Å². The van der Waals surface area contributed by atoms with Crippen LogP contribution in [0.1, 0.15) is 23.2 Å². The molecule has 2 rings (SSSR count). The molecular weight excluding hydrogens is 260 g/mol. The molecule has 102 valence electrons. The number of halogens is 3. The fraction of sp³-hybridized carbons (Fsp3) is 0.455. The monoisotopic (exact) mass is 272 g/mol. The van der Waals surface area contributed by atoms with Crippen LogP contribution in [0.2, 0.25) is 0 Å². The summed E-state index contributed by atoms with van der Waals surface area (Å²) in [5, 5.41) is 11.9. The number of hydrogen-bond acceptors (Lipinski definition) is 4. The average Bonchev–Trinajstić information content (AvgIpc) is 2.27. The Morgan fingerprint density at radius 3 is 2.63 bits per heavy atom. The standard InChI is InChI=1S/C11H12BF3N2O2/c12-5-1-8(9(19)11(13,14)15)10(16-4-5)17-6-2-7(18)3-6/h1,4,6-7,18H,2-3,12H2,(H,16,17)/t6-,7+. The van der Waals surface area contributed by atoms with Crippen molar-refractivity contribution in [2.75, 3.05) is 5.32 Å². The predicted molar refractivity (Wildman–Crippen MR) is 65.5 cm³/mol. The van der Waals surface area contributed by atoms with Crippen molar-refractivity contribution >= 4 is 24.9 Å². The largest absolute Gasteiger partial charge is 0.455 e. The average molecular weight is 272 g/mol. The molecule has 1 aromatic heterocycles. The van der Waals surface area contributed by atoms with E-state index in [0.717, 1.165) is 0 Å². The second-order valence-corrected chi connectivity index (χ2v) is 4.70. The second-order valence-electron chi connectivity index (χ2n) is 4.70. The number of ketones is 1. The third-order valence-electron chi connectivity index (χ3n) is 2.98. The van der Waals surface area contributed by atoms with Gasteiger partial charge in [-0.25, -0.2) is 4.98 Å². The van der Waals surface area contributed by atoms with Crippen molar-refractivity contribution in [3.05, 3.63) is 17.8 Å². The Kier molecular flexibility index (Phi) is 3.53. The number of alkyl halides is 3. The summed E-state index contributed by atoms with van der Waals surface area (Å²) < 4.78 is 37.5. The van der Waals surface area contributed by atoms with Gasteiger partial charge in [0, 0.05) is 12.2 Å². The lowest BCUT2D eigenvalue weighted by molar-refractivity contribution is -0.0884. The number of nitrogens with zero attached hydrogens (tertiary/aromatic N) is 1. The molecule has 1 fully saturated rings. The Morgan fingerprint density at radius 2 is 2.11 bits per heavy atom. The van der Waals surface area contributed by atoms with Crippen LogP contribution in [0, 0.1) is 0 Å². The number of aliphatic hydroxyl groups is 1. The van der Waals surface area contributed by atoms with Gasteiger partial charge in [-0.2, -0.15) is 13.2 Å². The van der Waals surface area contributed by atoms with Gasteiger partial charge in [0.1, 0.15) is 13.7 Å². The summed E-state index contributed by atoms with van der Waals surface area (Å²) in [6.45, 7) is 0. The summed E-state index contributed by atoms with van der Waals surface area (Å²) in [7, 11) is 1.57. The highest BCUT2D eigenvalue weighted by Gasteiger charge is 2.41. The number of pyridine rings is 1. The summed E-state index contributed by atoms with van der Waals surface area (Å²) in [5.74, 6) is -1.99. The molecule has 0 aromatic carbocycles. The first kappa shape index (κ1) is 13.9. The quantitative estimate of drug-likeness (QED) is 0.601. The second kappa shape index (κ2) is 4.84. The minimum atomic E-state index is -4.93. The normalized spacial score (nSPS) is 22.7. The maximum absolute atomic E-state index is 12.5. The number of aromatic nitrogens is 1. The highest BCUT2D eigenvalue weighted by Crippen LogP contribution is 2.28. The third-order valence-corrected chi connectivity index (χ3v) is 2.98. The van der Waals surface area contributed by atoms with Crippen LogP contribution in [0.3, 0.4) is 0 Å². The number of rotatable bonds is 3. The third kappa shape index (κ3) is 3.06. The summed E-state index contributed by atoms with van der Waals surface area (Å²) in [4.78, 5) is 15.2. The van der Waals surface area contributed by atoms with Gasteiger partial charge in [0.15, 0.2) is 0 Å². The molecule has 1 aromatic rings. The van der Waals surface area contributed by atoms with Gasteiger partial charge < -0.3 is 10.4 Å². The van der Waals surface area contributed by atoms with Crippen LogP contribution in [0.5, 0.6) is 0 Å². The molecule has 0 radical (unpaired) electrons. The molecule has 1 saturated carbocycles. The minimum Gasteiger partial charge on any atom is -0.393 e. The maximum atomic E-state index is 12.5. The van der Waals surface area contributed by atoms with Gasteiger partial charge in [-0.1, -0.05) is 11.5 Å². The molecule has 0 unspecified atom stereocenters. The highest BCUT2D eigenvalue weighted by atomic mass is 19.4. The molecule has 0 aliphatic heterocycles. The lowest BCUT2D eigenvalue weighted by Crippen LogP contribution is -2.40. The van der Waals surface area contributed by atoms with Gasteiger partial charge >= 0.3 is 6.18 Å². The molecule has 1 heterocycles. The predicted octanol–water partition coefficient (Wildman–Crippen LogP) is 0.0202. The minimum absolute atomic E-state index is 0.0789. The van der Waals surface area contributed by atoms with E-state index in [4.69, 9.17) is 5.11 Å². The Hall–Kier alpha value is -1.57. The number of aliphatic hydroxyl groups excluding tert-OH is 1. The van der Waals surface area contributed by atoms with Crippen molar-refractivity contribution in [3.8, 4) is 0 Å². The van der Waals surface area contributed by atoms with Crippen LogP contribution in [-0.2, 0) is 0 Å².